The molecule has 13 heteroatoms. The van der Waals surface area contributed by atoms with Crippen LogP contribution in [0.1, 0.15) is 18.9 Å². The van der Waals surface area contributed by atoms with Gasteiger partial charge in [-0.25, -0.2) is 9.56 Å². The molecule has 42 heavy (non-hydrogen) atoms. The normalized spacial score (nSPS) is 22.4. The number of rotatable bonds is 11. The molecule has 1 saturated heterocycles. The van der Waals surface area contributed by atoms with Crippen molar-refractivity contribution in [2.75, 3.05) is 6.61 Å². The maximum absolute atomic E-state index is 14.2. The molecule has 2 aliphatic heterocycles. The Morgan fingerprint density at radius 3 is 2.71 bits per heavy atom. The summed E-state index contributed by atoms with van der Waals surface area (Å²) in [4.78, 5) is 22.7. The monoisotopic (exact) mass is 609 g/mol. The van der Waals surface area contributed by atoms with Gasteiger partial charge in [-0.2, -0.15) is 10.1 Å². The van der Waals surface area contributed by atoms with Crippen molar-refractivity contribution in [3.05, 3.63) is 90.8 Å². The van der Waals surface area contributed by atoms with E-state index in [9.17, 15) is 14.5 Å². The number of carbonyl (C=O) groups excluding carboxylic acids is 1. The highest BCUT2D eigenvalue weighted by Crippen LogP contribution is 2.48. The molecule has 11 nitrogen and oxygen atoms in total. The Morgan fingerprint density at radius 2 is 1.93 bits per heavy atom. The third-order valence-corrected chi connectivity index (χ3v) is 9.84. The Balaban J connectivity index is 1.30. The van der Waals surface area contributed by atoms with Gasteiger partial charge in [-0.15, -0.1) is 11.8 Å². The molecule has 2 heterocycles. The Labute approximate surface area is 248 Å². The second-order valence-electron chi connectivity index (χ2n) is 9.78. The summed E-state index contributed by atoms with van der Waals surface area (Å²) in [5.74, 6) is 0.210. The standard InChI is InChI=1S/C29H32N5O6PS/c1-19(28(36)38-16-21-9-4-3-5-10-21)33-41(37,40-25-14-8-12-22-11-6-7-13-23(22)25)39-17-26-24(35)15-27(42-26)34-18-31-29(30)32-20(34)2/h3-14,18-19,24,26-27,35H,2,15-17H2,1H3,(H2,30,32)(H,33,37)/t19-,24+,26+,27+,41?/m0/s1. The maximum atomic E-state index is 14.2. The molecule has 220 valence electrons. The quantitative estimate of drug-likeness (QED) is 0.211. The summed E-state index contributed by atoms with van der Waals surface area (Å²) >= 11 is 1.40. The number of guanidine groups is 1. The first kappa shape index (κ1) is 29.8. The zero-order valence-electron chi connectivity index (χ0n) is 22.9. The van der Waals surface area contributed by atoms with Crippen molar-refractivity contribution in [1.29, 1.82) is 0 Å². The zero-order valence-corrected chi connectivity index (χ0v) is 24.6. The van der Waals surface area contributed by atoms with Crippen LogP contribution in [0, 0.1) is 0 Å². The van der Waals surface area contributed by atoms with Gasteiger partial charge in [0.1, 0.15) is 30.6 Å². The fraction of sp³-hybridized carbons (Fsp3) is 0.276. The highest BCUT2D eigenvalue weighted by molar-refractivity contribution is 8.00. The summed E-state index contributed by atoms with van der Waals surface area (Å²) in [6, 6.07) is 21.1. The molecule has 4 N–H and O–H groups in total. The van der Waals surface area contributed by atoms with Gasteiger partial charge in [0.25, 0.3) is 0 Å². The maximum Gasteiger partial charge on any atom is 0.459 e. The molecule has 0 bridgehead atoms. The van der Waals surface area contributed by atoms with Crippen molar-refractivity contribution in [3.8, 4) is 5.75 Å². The number of benzene rings is 3. The highest BCUT2D eigenvalue weighted by atomic mass is 32.2. The largest absolute Gasteiger partial charge is 0.460 e. The number of aliphatic hydroxyl groups excluding tert-OH is 1. The van der Waals surface area contributed by atoms with E-state index in [2.05, 4.69) is 21.7 Å². The lowest BCUT2D eigenvalue weighted by Gasteiger charge is -2.27. The number of esters is 1. The summed E-state index contributed by atoms with van der Waals surface area (Å²) in [6.07, 6.45) is 1.10. The molecule has 0 aromatic heterocycles. The molecule has 1 fully saturated rings. The van der Waals surface area contributed by atoms with Crippen molar-refractivity contribution in [1.82, 2.24) is 9.99 Å². The lowest BCUT2D eigenvalue weighted by Crippen LogP contribution is -2.36. The summed E-state index contributed by atoms with van der Waals surface area (Å²) < 4.78 is 31.6. The van der Waals surface area contributed by atoms with Gasteiger partial charge < -0.3 is 25.0 Å². The third-order valence-electron chi connectivity index (χ3n) is 6.68. The van der Waals surface area contributed by atoms with Crippen molar-refractivity contribution in [2.45, 2.75) is 42.7 Å². The number of hydrogen-bond donors (Lipinski definition) is 3. The second-order valence-corrected chi connectivity index (χ2v) is 12.9. The topological polar surface area (TPSA) is 148 Å². The van der Waals surface area contributed by atoms with Crippen molar-refractivity contribution >= 4 is 48.5 Å². The SMILES string of the molecule is C=C1N=C(N)N=CN1[C@H]1C[C@@H](O)[C@@H](COP(=O)(N[C@@H](C)C(=O)OCc2ccccc2)Oc2cccc3ccccc23)S1. The first-order valence-corrected chi connectivity index (χ1v) is 15.8. The Hall–Kier alpha value is -3.67. The first-order chi connectivity index (χ1) is 20.2. The molecule has 3 aromatic carbocycles. The number of ether oxygens (including phenoxy) is 1. The van der Waals surface area contributed by atoms with E-state index in [1.165, 1.54) is 25.0 Å². The molecule has 0 spiro atoms. The van der Waals surface area contributed by atoms with Crippen molar-refractivity contribution in [2.24, 2.45) is 15.7 Å². The molecule has 5 atom stereocenters. The lowest BCUT2D eigenvalue weighted by molar-refractivity contribution is -0.146. The van der Waals surface area contributed by atoms with Gasteiger partial charge in [0.15, 0.2) is 0 Å². The van der Waals surface area contributed by atoms with Gasteiger partial charge in [-0.05, 0) is 23.9 Å². The minimum Gasteiger partial charge on any atom is -0.460 e. The van der Waals surface area contributed by atoms with E-state index in [4.69, 9.17) is 19.5 Å². The summed E-state index contributed by atoms with van der Waals surface area (Å²) in [5, 5.41) is 14.5. The molecule has 3 aromatic rings. The predicted molar refractivity (Wildman–Crippen MR) is 164 cm³/mol. The van der Waals surface area contributed by atoms with Gasteiger partial charge in [0.05, 0.1) is 23.3 Å². The minimum atomic E-state index is -4.17. The Bertz CT molecular complexity index is 1550. The van der Waals surface area contributed by atoms with Gasteiger partial charge in [0.2, 0.25) is 5.96 Å². The average Bonchev–Trinajstić information content (AvgIpc) is 3.35. The van der Waals surface area contributed by atoms with Crippen LogP contribution in [0.15, 0.2) is 95.2 Å². The lowest BCUT2D eigenvalue weighted by atomic mass is 10.1. The van der Waals surface area contributed by atoms with Gasteiger partial charge in [-0.1, -0.05) is 73.3 Å². The van der Waals surface area contributed by atoms with Crippen molar-refractivity contribution < 1.29 is 28.3 Å². The van der Waals surface area contributed by atoms with Crippen LogP contribution in [-0.2, 0) is 25.2 Å². The fourth-order valence-electron chi connectivity index (χ4n) is 4.49. The van der Waals surface area contributed by atoms with E-state index in [-0.39, 0.29) is 24.5 Å². The molecular weight excluding hydrogens is 577 g/mol. The van der Waals surface area contributed by atoms with E-state index >= 15 is 0 Å². The van der Waals surface area contributed by atoms with E-state index in [1.807, 2.05) is 60.7 Å². The molecule has 5 rings (SSSR count). The second kappa shape index (κ2) is 13.1. The highest BCUT2D eigenvalue weighted by Gasteiger charge is 2.41. The summed E-state index contributed by atoms with van der Waals surface area (Å²) in [7, 11) is -4.17. The van der Waals surface area contributed by atoms with Crippen LogP contribution in [-0.4, -0.2) is 57.7 Å². The summed E-state index contributed by atoms with van der Waals surface area (Å²) in [6.45, 7) is 5.36. The van der Waals surface area contributed by atoms with Crippen LogP contribution in [0.5, 0.6) is 5.75 Å². The number of aliphatic hydroxyl groups is 1. The van der Waals surface area contributed by atoms with Gasteiger partial charge >= 0.3 is 13.7 Å². The number of nitrogens with two attached hydrogens (primary N) is 1. The number of carbonyl (C=O) groups is 1. The van der Waals surface area contributed by atoms with E-state index in [0.29, 0.717) is 18.0 Å². The summed E-state index contributed by atoms with van der Waals surface area (Å²) in [5.41, 5.74) is 6.47. The van der Waals surface area contributed by atoms with Gasteiger partial charge in [0, 0.05) is 11.8 Å². The number of fused-ring (bicyclic) bond motifs is 1. The van der Waals surface area contributed by atoms with Gasteiger partial charge in [-0.3, -0.25) is 9.32 Å². The molecular formula is C29H32N5O6PS. The number of nitrogens with one attached hydrogen (secondary N) is 1. The van der Waals surface area contributed by atoms with Crippen LogP contribution in [0.3, 0.4) is 0 Å². The smallest absolute Gasteiger partial charge is 0.459 e. The number of aliphatic imine (C=N–C) groups is 2. The molecule has 0 radical (unpaired) electrons. The minimum absolute atomic E-state index is 0.0636. The van der Waals surface area contributed by atoms with Crippen LogP contribution in [0.25, 0.3) is 10.8 Å². The zero-order chi connectivity index (χ0) is 29.7. The first-order valence-electron chi connectivity index (χ1n) is 13.3. The molecule has 2 aliphatic rings. The molecule has 0 amide bonds. The average molecular weight is 610 g/mol. The van der Waals surface area contributed by atoms with Crippen LogP contribution < -0.4 is 15.3 Å². The third kappa shape index (κ3) is 7.21. The van der Waals surface area contributed by atoms with Crippen molar-refractivity contribution in [3.63, 3.8) is 0 Å². The Morgan fingerprint density at radius 1 is 1.19 bits per heavy atom. The number of thioether (sulfide) groups is 1. The number of hydrogen-bond acceptors (Lipinski definition) is 11. The fourth-order valence-corrected chi connectivity index (χ4v) is 7.59. The van der Waals surface area contributed by atoms with E-state index < -0.39 is 31.1 Å². The molecule has 0 aliphatic carbocycles. The number of nitrogens with zero attached hydrogens (tertiary/aromatic N) is 3. The molecule has 0 saturated carbocycles. The van der Waals surface area contributed by atoms with E-state index in [0.717, 1.165) is 16.3 Å². The predicted octanol–water partition coefficient (Wildman–Crippen LogP) is 4.39. The van der Waals surface area contributed by atoms with Crippen LogP contribution in [0.2, 0.25) is 0 Å². The molecule has 1 unspecified atom stereocenters. The Kier molecular flexibility index (Phi) is 9.30. The van der Waals surface area contributed by atoms with Crippen LogP contribution >= 0.6 is 19.5 Å². The van der Waals surface area contributed by atoms with E-state index in [1.54, 1.807) is 17.0 Å². The van der Waals surface area contributed by atoms with Crippen LogP contribution in [0.4, 0.5) is 0 Å².